The highest BCUT2D eigenvalue weighted by Crippen LogP contribution is 2.42. The van der Waals surface area contributed by atoms with Crippen LogP contribution in [0.15, 0.2) is 47.4 Å². The molecule has 0 fully saturated rings. The Morgan fingerprint density at radius 2 is 1.81 bits per heavy atom. The smallest absolute Gasteiger partial charge is 0.435 e. The average Bonchev–Trinajstić information content (AvgIpc) is 3.19. The van der Waals surface area contributed by atoms with Crippen molar-refractivity contribution in [3.8, 4) is 28.1 Å². The summed E-state index contributed by atoms with van der Waals surface area (Å²) in [6, 6.07) is 8.91. The number of H-pyrrole nitrogens is 1. The average molecular weight is 490 g/mol. The molecular formula is C19H15ClF3N3O5S. The maximum atomic E-state index is 13.6. The van der Waals surface area contributed by atoms with Gasteiger partial charge in [0.05, 0.1) is 22.7 Å². The third kappa shape index (κ3) is 4.71. The number of alkyl halides is 3. The maximum Gasteiger partial charge on any atom is 0.435 e. The van der Waals surface area contributed by atoms with Crippen molar-refractivity contribution in [2.45, 2.75) is 11.1 Å². The van der Waals surface area contributed by atoms with Gasteiger partial charge >= 0.3 is 6.18 Å². The number of hydroxylamine groups is 1. The monoisotopic (exact) mass is 489 g/mol. The first-order valence-corrected chi connectivity index (χ1v) is 10.8. The van der Waals surface area contributed by atoms with Gasteiger partial charge in [0.15, 0.2) is 15.5 Å². The number of aromatic nitrogens is 2. The summed E-state index contributed by atoms with van der Waals surface area (Å²) in [4.78, 5) is 10.9. The number of carbonyl (C=O) groups is 1. The summed E-state index contributed by atoms with van der Waals surface area (Å²) in [6.07, 6.45) is -4.78. The second-order valence-corrected chi connectivity index (χ2v) is 8.88. The number of methoxy groups -OCH3 is 1. The molecule has 0 atom stereocenters. The molecule has 0 unspecified atom stereocenters. The van der Waals surface area contributed by atoms with E-state index in [1.165, 1.54) is 42.9 Å². The molecule has 0 spiro atoms. The highest BCUT2D eigenvalue weighted by atomic mass is 35.5. The number of nitrogens with zero attached hydrogens (tertiary/aromatic N) is 1. The molecule has 2 aromatic carbocycles. The summed E-state index contributed by atoms with van der Waals surface area (Å²) in [5, 5.41) is 14.4. The Morgan fingerprint density at radius 3 is 2.34 bits per heavy atom. The van der Waals surface area contributed by atoms with Gasteiger partial charge in [0.1, 0.15) is 11.5 Å². The molecule has 0 bridgehead atoms. The molecule has 3 aromatic rings. The highest BCUT2D eigenvalue weighted by molar-refractivity contribution is 7.92. The van der Waals surface area contributed by atoms with E-state index in [1.807, 2.05) is 0 Å². The van der Waals surface area contributed by atoms with E-state index in [0.717, 1.165) is 12.1 Å². The third-order valence-electron chi connectivity index (χ3n) is 4.42. The number of aromatic amines is 1. The Balaban J connectivity index is 2.10. The summed E-state index contributed by atoms with van der Waals surface area (Å²) in [5.74, 6) is -1.85. The summed E-state index contributed by atoms with van der Waals surface area (Å²) in [5.41, 5.74) is 0.0744. The van der Waals surface area contributed by atoms with Gasteiger partial charge in [-0.2, -0.15) is 18.3 Å². The Hall–Kier alpha value is -3.09. The molecule has 1 heterocycles. The topological polar surface area (TPSA) is 121 Å². The lowest BCUT2D eigenvalue weighted by Gasteiger charge is -2.11. The van der Waals surface area contributed by atoms with Gasteiger partial charge in [0.2, 0.25) is 0 Å². The minimum Gasteiger partial charge on any atom is -0.495 e. The Bertz CT molecular complexity index is 1260. The molecule has 1 amide bonds. The van der Waals surface area contributed by atoms with Gasteiger partial charge in [0.25, 0.3) is 5.91 Å². The van der Waals surface area contributed by atoms with E-state index in [1.54, 1.807) is 0 Å². The van der Waals surface area contributed by atoms with Gasteiger partial charge in [-0.05, 0) is 29.8 Å². The number of ether oxygens (including phenoxy) is 1. The predicted molar refractivity (Wildman–Crippen MR) is 108 cm³/mol. The number of rotatable bonds is 6. The van der Waals surface area contributed by atoms with Crippen molar-refractivity contribution in [3.63, 3.8) is 0 Å². The lowest BCUT2D eigenvalue weighted by molar-refractivity contribution is -0.140. The van der Waals surface area contributed by atoms with Crippen LogP contribution in [0.25, 0.3) is 22.4 Å². The molecule has 170 valence electrons. The summed E-state index contributed by atoms with van der Waals surface area (Å²) in [6.45, 7) is 0. The summed E-state index contributed by atoms with van der Waals surface area (Å²) in [7, 11) is -2.71. The Kier molecular flexibility index (Phi) is 6.49. The van der Waals surface area contributed by atoms with E-state index in [2.05, 4.69) is 10.2 Å². The molecule has 0 saturated heterocycles. The molecule has 0 saturated carbocycles. The predicted octanol–water partition coefficient (Wildman–Crippen LogP) is 3.70. The molecule has 0 aliphatic carbocycles. The van der Waals surface area contributed by atoms with Crippen molar-refractivity contribution >= 4 is 27.3 Å². The summed E-state index contributed by atoms with van der Waals surface area (Å²) >= 11 is 6.08. The van der Waals surface area contributed by atoms with Gasteiger partial charge in [-0.1, -0.05) is 29.8 Å². The number of hydrogen-bond acceptors (Lipinski definition) is 6. The quantitative estimate of drug-likeness (QED) is 0.358. The lowest BCUT2D eigenvalue weighted by Crippen LogP contribution is -2.27. The fourth-order valence-corrected chi connectivity index (χ4v) is 4.36. The van der Waals surface area contributed by atoms with Gasteiger partial charge in [-0.25, -0.2) is 13.9 Å². The van der Waals surface area contributed by atoms with Crippen LogP contribution in [0.1, 0.15) is 5.69 Å². The molecule has 8 nitrogen and oxygen atoms in total. The van der Waals surface area contributed by atoms with E-state index >= 15 is 0 Å². The number of amides is 1. The second kappa shape index (κ2) is 8.81. The number of benzene rings is 2. The van der Waals surface area contributed by atoms with E-state index in [9.17, 15) is 26.4 Å². The van der Waals surface area contributed by atoms with Crippen LogP contribution < -0.4 is 10.2 Å². The Labute approximate surface area is 184 Å². The molecule has 3 N–H and O–H groups in total. The van der Waals surface area contributed by atoms with Crippen molar-refractivity contribution in [2.24, 2.45) is 0 Å². The van der Waals surface area contributed by atoms with E-state index in [-0.39, 0.29) is 38.1 Å². The first-order chi connectivity index (χ1) is 15.0. The van der Waals surface area contributed by atoms with Crippen LogP contribution in [0.5, 0.6) is 5.75 Å². The maximum absolute atomic E-state index is 13.6. The zero-order valence-electron chi connectivity index (χ0n) is 16.2. The fraction of sp³-hybridized carbons (Fsp3) is 0.158. The molecule has 32 heavy (non-hydrogen) atoms. The standard InChI is InChI=1S/C19H15ClF3N3O5S/c1-31-14-7-4-11(8-13(14)20)16-17(24-25-18(16)19(21,22)23)10-2-5-12(6-3-10)32(29,30)9-15(27)26-28/h2-8,28H,9H2,1H3,(H,24,25)(H,26,27). The molecule has 0 aliphatic rings. The van der Waals surface area contributed by atoms with Gasteiger partial charge < -0.3 is 4.74 Å². The van der Waals surface area contributed by atoms with Crippen LogP contribution >= 0.6 is 11.6 Å². The SMILES string of the molecule is COc1ccc(-c2c(C(F)(F)F)n[nH]c2-c2ccc(S(=O)(=O)CC(=O)NO)cc2)cc1Cl. The van der Waals surface area contributed by atoms with Crippen LogP contribution in [0.3, 0.4) is 0 Å². The molecular weight excluding hydrogens is 475 g/mol. The van der Waals surface area contributed by atoms with E-state index < -0.39 is 33.4 Å². The minimum atomic E-state index is -4.78. The summed E-state index contributed by atoms with van der Waals surface area (Å²) < 4.78 is 70.3. The molecule has 0 radical (unpaired) electrons. The number of halogens is 4. The zero-order valence-corrected chi connectivity index (χ0v) is 17.8. The lowest BCUT2D eigenvalue weighted by atomic mass is 9.98. The first-order valence-electron chi connectivity index (χ1n) is 8.73. The Morgan fingerprint density at radius 1 is 1.19 bits per heavy atom. The van der Waals surface area contributed by atoms with Crippen LogP contribution in [-0.4, -0.2) is 42.6 Å². The van der Waals surface area contributed by atoms with Crippen molar-refractivity contribution < 1.29 is 36.3 Å². The van der Waals surface area contributed by atoms with Crippen molar-refractivity contribution in [1.82, 2.24) is 15.7 Å². The van der Waals surface area contributed by atoms with Crippen LogP contribution in [0.2, 0.25) is 5.02 Å². The fourth-order valence-electron chi connectivity index (χ4n) is 2.98. The van der Waals surface area contributed by atoms with Crippen LogP contribution in [0, 0.1) is 0 Å². The normalized spacial score (nSPS) is 11.9. The number of sulfone groups is 1. The molecule has 0 aliphatic heterocycles. The number of carbonyl (C=O) groups excluding carboxylic acids is 1. The molecule has 13 heteroatoms. The van der Waals surface area contributed by atoms with Crippen molar-refractivity contribution in [2.75, 3.05) is 12.9 Å². The molecule has 3 rings (SSSR count). The van der Waals surface area contributed by atoms with Gasteiger partial charge in [0, 0.05) is 11.1 Å². The van der Waals surface area contributed by atoms with Crippen molar-refractivity contribution in [3.05, 3.63) is 53.2 Å². The number of nitrogens with one attached hydrogen (secondary N) is 2. The largest absolute Gasteiger partial charge is 0.495 e. The van der Waals surface area contributed by atoms with Crippen molar-refractivity contribution in [1.29, 1.82) is 0 Å². The van der Waals surface area contributed by atoms with E-state index in [4.69, 9.17) is 21.5 Å². The van der Waals surface area contributed by atoms with Gasteiger partial charge in [-0.15, -0.1) is 0 Å². The first kappa shape index (κ1) is 23.6. The number of hydrogen-bond donors (Lipinski definition) is 3. The second-order valence-electron chi connectivity index (χ2n) is 6.49. The van der Waals surface area contributed by atoms with Crippen LogP contribution in [-0.2, 0) is 20.8 Å². The highest BCUT2D eigenvalue weighted by Gasteiger charge is 2.38. The van der Waals surface area contributed by atoms with E-state index in [0.29, 0.717) is 0 Å². The van der Waals surface area contributed by atoms with Gasteiger partial charge in [-0.3, -0.25) is 15.1 Å². The minimum absolute atomic E-state index is 0.0180. The third-order valence-corrected chi connectivity index (χ3v) is 6.35. The zero-order chi connectivity index (χ0) is 23.7. The van der Waals surface area contributed by atoms with Crippen LogP contribution in [0.4, 0.5) is 13.2 Å². The molecule has 1 aromatic heterocycles.